The highest BCUT2D eigenvalue weighted by Gasteiger charge is 2.26. The summed E-state index contributed by atoms with van der Waals surface area (Å²) in [5.74, 6) is 0.118. The summed E-state index contributed by atoms with van der Waals surface area (Å²) < 4.78 is 1.14. The summed E-state index contributed by atoms with van der Waals surface area (Å²) >= 11 is 3.83. The molecule has 4 nitrogen and oxygen atoms in total. The first-order valence-corrected chi connectivity index (χ1v) is 8.78. The van der Waals surface area contributed by atoms with Crippen molar-refractivity contribution in [3.8, 4) is 6.07 Å². The molecule has 1 unspecified atom stereocenters. The van der Waals surface area contributed by atoms with Crippen molar-refractivity contribution in [1.82, 2.24) is 9.80 Å². The summed E-state index contributed by atoms with van der Waals surface area (Å²) in [5.41, 5.74) is 0.790. The largest absolute Gasteiger partial charge is 0.336 e. The number of carbonyl (C=O) groups excluding carboxylic acids is 1. The Bertz CT molecular complexity index is 503. The molecule has 1 aromatic rings. The second-order valence-electron chi connectivity index (χ2n) is 4.90. The van der Waals surface area contributed by atoms with Gasteiger partial charge >= 0.3 is 0 Å². The second-order valence-corrected chi connectivity index (χ2v) is 7.71. The van der Waals surface area contributed by atoms with Crippen LogP contribution in [0, 0.1) is 14.2 Å². The summed E-state index contributed by atoms with van der Waals surface area (Å²) in [5, 5.41) is 11.1. The monoisotopic (exact) mass is 403 g/mol. The van der Waals surface area contributed by atoms with Gasteiger partial charge in [0.15, 0.2) is 0 Å². The molecule has 1 atom stereocenters. The topological polar surface area (TPSA) is 47.3 Å². The Morgan fingerprint density at radius 2 is 2.20 bits per heavy atom. The van der Waals surface area contributed by atoms with Crippen LogP contribution in [0.1, 0.15) is 30.1 Å². The van der Waals surface area contributed by atoms with E-state index in [1.165, 1.54) is 0 Å². The average molecular weight is 403 g/mol. The van der Waals surface area contributed by atoms with Crippen LogP contribution in [0.3, 0.4) is 0 Å². The number of carbonyl (C=O) groups is 1. The van der Waals surface area contributed by atoms with Gasteiger partial charge in [-0.15, -0.1) is 11.3 Å². The molecule has 6 heteroatoms. The Morgan fingerprint density at radius 1 is 1.50 bits per heavy atom. The van der Waals surface area contributed by atoms with Crippen LogP contribution in [0.15, 0.2) is 11.4 Å². The van der Waals surface area contributed by atoms with Crippen LogP contribution in [0.25, 0.3) is 0 Å². The number of nitriles is 1. The number of halogens is 1. The molecule has 0 radical (unpaired) electrons. The van der Waals surface area contributed by atoms with Crippen molar-refractivity contribution in [2.45, 2.75) is 25.8 Å². The van der Waals surface area contributed by atoms with Gasteiger partial charge in [0, 0.05) is 31.6 Å². The molecule has 2 rings (SSSR count). The lowest BCUT2D eigenvalue weighted by molar-refractivity contribution is 0.0601. The highest BCUT2D eigenvalue weighted by molar-refractivity contribution is 14.1. The number of piperazine rings is 1. The van der Waals surface area contributed by atoms with Crippen molar-refractivity contribution in [2.24, 2.45) is 0 Å². The SMILES string of the molecule is CCCC(C#N)N1CCN(C(=O)c2csc(I)c2)CC1. The molecule has 0 spiro atoms. The van der Waals surface area contributed by atoms with E-state index >= 15 is 0 Å². The third kappa shape index (κ3) is 3.71. The standard InChI is InChI=1S/C14H18IN3OS/c1-2-3-12(9-16)17-4-6-18(7-5-17)14(19)11-8-13(15)20-10-11/h8,10,12H,2-7H2,1H3. The molecule has 1 amide bonds. The van der Waals surface area contributed by atoms with E-state index in [1.807, 2.05) is 16.3 Å². The average Bonchev–Trinajstić information content (AvgIpc) is 2.91. The van der Waals surface area contributed by atoms with Crippen molar-refractivity contribution < 1.29 is 4.79 Å². The molecule has 1 aliphatic heterocycles. The highest BCUT2D eigenvalue weighted by atomic mass is 127. The van der Waals surface area contributed by atoms with Gasteiger partial charge in [0.25, 0.3) is 5.91 Å². The van der Waals surface area contributed by atoms with Gasteiger partial charge in [-0.1, -0.05) is 13.3 Å². The smallest absolute Gasteiger partial charge is 0.254 e. The Kier molecular flexibility index (Phi) is 5.81. The third-order valence-corrected chi connectivity index (χ3v) is 5.36. The van der Waals surface area contributed by atoms with Crippen LogP contribution >= 0.6 is 33.9 Å². The lowest BCUT2D eigenvalue weighted by Crippen LogP contribution is -2.51. The van der Waals surface area contributed by atoms with Crippen molar-refractivity contribution >= 4 is 39.8 Å². The summed E-state index contributed by atoms with van der Waals surface area (Å²) in [6, 6.07) is 4.31. The minimum atomic E-state index is -0.000604. The fourth-order valence-electron chi connectivity index (χ4n) is 2.44. The zero-order valence-electron chi connectivity index (χ0n) is 11.5. The van der Waals surface area contributed by atoms with E-state index in [-0.39, 0.29) is 11.9 Å². The molecule has 0 aromatic carbocycles. The number of thiophene rings is 1. The molecule has 1 fully saturated rings. The maximum absolute atomic E-state index is 12.3. The normalized spacial score (nSPS) is 17.8. The number of amides is 1. The summed E-state index contributed by atoms with van der Waals surface area (Å²) in [6.45, 7) is 5.12. The Hall–Kier alpha value is -0.650. The third-order valence-electron chi connectivity index (χ3n) is 3.57. The number of nitrogens with zero attached hydrogens (tertiary/aromatic N) is 3. The van der Waals surface area contributed by atoms with Crippen molar-refractivity contribution in [2.75, 3.05) is 26.2 Å². The van der Waals surface area contributed by atoms with Gasteiger partial charge in [0.1, 0.15) is 0 Å². The molecule has 20 heavy (non-hydrogen) atoms. The minimum Gasteiger partial charge on any atom is -0.336 e. The lowest BCUT2D eigenvalue weighted by Gasteiger charge is -2.36. The molecule has 1 aliphatic rings. The lowest BCUT2D eigenvalue weighted by atomic mass is 10.1. The van der Waals surface area contributed by atoms with E-state index in [0.29, 0.717) is 13.1 Å². The van der Waals surface area contributed by atoms with Crippen molar-refractivity contribution in [3.05, 3.63) is 19.9 Å². The Labute approximate surface area is 137 Å². The van der Waals surface area contributed by atoms with E-state index in [4.69, 9.17) is 0 Å². The van der Waals surface area contributed by atoms with Crippen LogP contribution in [0.4, 0.5) is 0 Å². The Balaban J connectivity index is 1.91. The van der Waals surface area contributed by atoms with Crippen LogP contribution < -0.4 is 0 Å². The number of hydrogen-bond donors (Lipinski definition) is 0. The summed E-state index contributed by atoms with van der Waals surface area (Å²) in [7, 11) is 0. The fraction of sp³-hybridized carbons (Fsp3) is 0.571. The van der Waals surface area contributed by atoms with Crippen molar-refractivity contribution in [3.63, 3.8) is 0 Å². The maximum atomic E-state index is 12.3. The minimum absolute atomic E-state index is 0.000604. The van der Waals surface area contributed by atoms with E-state index in [0.717, 1.165) is 34.4 Å². The predicted molar refractivity (Wildman–Crippen MR) is 88.8 cm³/mol. The molecule has 108 valence electrons. The molecule has 1 aromatic heterocycles. The van der Waals surface area contributed by atoms with E-state index in [9.17, 15) is 10.1 Å². The first kappa shape index (κ1) is 15.7. The molecule has 2 heterocycles. The first-order chi connectivity index (χ1) is 9.65. The summed E-state index contributed by atoms with van der Waals surface area (Å²) in [4.78, 5) is 16.4. The Morgan fingerprint density at radius 3 is 2.70 bits per heavy atom. The first-order valence-electron chi connectivity index (χ1n) is 6.82. The number of hydrogen-bond acceptors (Lipinski definition) is 4. The van der Waals surface area contributed by atoms with Gasteiger partial charge in [-0.2, -0.15) is 5.26 Å². The molecular formula is C14H18IN3OS. The molecule has 1 saturated heterocycles. The predicted octanol–water partition coefficient (Wildman–Crippen LogP) is 2.80. The quantitative estimate of drug-likeness (QED) is 0.727. The van der Waals surface area contributed by atoms with Gasteiger partial charge in [0.2, 0.25) is 0 Å². The zero-order chi connectivity index (χ0) is 14.5. The second kappa shape index (κ2) is 7.38. The van der Waals surface area contributed by atoms with Crippen molar-refractivity contribution in [1.29, 1.82) is 5.26 Å². The number of rotatable bonds is 4. The van der Waals surface area contributed by atoms with Gasteiger partial charge in [-0.3, -0.25) is 9.69 Å². The zero-order valence-corrected chi connectivity index (χ0v) is 14.5. The maximum Gasteiger partial charge on any atom is 0.254 e. The van der Waals surface area contributed by atoms with Crippen LogP contribution in [0.5, 0.6) is 0 Å². The molecule has 0 N–H and O–H groups in total. The van der Waals surface area contributed by atoms with Gasteiger partial charge in [0.05, 0.1) is 20.6 Å². The van der Waals surface area contributed by atoms with Gasteiger partial charge < -0.3 is 4.90 Å². The van der Waals surface area contributed by atoms with Crippen LogP contribution in [-0.2, 0) is 0 Å². The van der Waals surface area contributed by atoms with Gasteiger partial charge in [-0.05, 0) is 35.1 Å². The molecule has 0 aliphatic carbocycles. The van der Waals surface area contributed by atoms with E-state index < -0.39 is 0 Å². The van der Waals surface area contributed by atoms with Crippen LogP contribution in [-0.4, -0.2) is 47.9 Å². The van der Waals surface area contributed by atoms with E-state index in [1.54, 1.807) is 11.3 Å². The van der Waals surface area contributed by atoms with Gasteiger partial charge in [-0.25, -0.2) is 0 Å². The molecule has 0 bridgehead atoms. The molecule has 0 saturated carbocycles. The fourth-order valence-corrected chi connectivity index (χ4v) is 3.76. The molecular weight excluding hydrogens is 385 g/mol. The highest BCUT2D eigenvalue weighted by Crippen LogP contribution is 2.19. The van der Waals surface area contributed by atoms with E-state index in [2.05, 4.69) is 40.5 Å². The summed E-state index contributed by atoms with van der Waals surface area (Å²) in [6.07, 6.45) is 1.93. The van der Waals surface area contributed by atoms with Crippen LogP contribution in [0.2, 0.25) is 0 Å².